The van der Waals surface area contributed by atoms with Crippen molar-refractivity contribution in [2.45, 2.75) is 64.6 Å². The third kappa shape index (κ3) is 9.37. The number of carbonyl (C=O) groups excluding carboxylic acids is 4. The van der Waals surface area contributed by atoms with Crippen molar-refractivity contribution in [2.75, 3.05) is 51.3 Å². The fraction of sp³-hybridized carbons (Fsp3) is 0.548. The van der Waals surface area contributed by atoms with Crippen molar-refractivity contribution in [3.8, 4) is 11.4 Å². The Hall–Kier alpha value is -4.26. The van der Waals surface area contributed by atoms with E-state index in [0.29, 0.717) is 37.9 Å². The zero-order valence-electron chi connectivity index (χ0n) is 25.8. The van der Waals surface area contributed by atoms with Gasteiger partial charge in [0.15, 0.2) is 5.82 Å². The van der Waals surface area contributed by atoms with Crippen LogP contribution in [0.3, 0.4) is 0 Å². The molecule has 13 heteroatoms. The molecule has 1 aromatic heterocycles. The molecular formula is C31H42N6O7. The summed E-state index contributed by atoms with van der Waals surface area (Å²) in [4.78, 5) is 64.4. The number of rotatable bonds is 10. The Labute approximate surface area is 257 Å². The molecule has 2 fully saturated rings. The first-order valence-electron chi connectivity index (χ1n) is 15.0. The quantitative estimate of drug-likeness (QED) is 0.384. The van der Waals surface area contributed by atoms with Crippen molar-refractivity contribution in [1.82, 2.24) is 25.1 Å². The van der Waals surface area contributed by atoms with Crippen molar-refractivity contribution in [3.63, 3.8) is 0 Å². The van der Waals surface area contributed by atoms with Gasteiger partial charge < -0.3 is 34.6 Å². The number of benzene rings is 1. The average Bonchev–Trinajstić information content (AvgIpc) is 3.51. The van der Waals surface area contributed by atoms with Crippen molar-refractivity contribution < 1.29 is 33.4 Å². The molecule has 238 valence electrons. The molecular weight excluding hydrogens is 568 g/mol. The smallest absolute Gasteiger partial charge is 0.409 e. The van der Waals surface area contributed by atoms with Crippen molar-refractivity contribution >= 4 is 29.7 Å². The number of anilines is 1. The van der Waals surface area contributed by atoms with Gasteiger partial charge in [0.25, 0.3) is 5.91 Å². The summed E-state index contributed by atoms with van der Waals surface area (Å²) in [5.41, 5.74) is 0.110. The van der Waals surface area contributed by atoms with Crippen molar-refractivity contribution in [3.05, 3.63) is 42.1 Å². The largest absolute Gasteiger partial charge is 0.460 e. The first-order chi connectivity index (χ1) is 21.0. The molecule has 2 N–H and O–H groups in total. The minimum atomic E-state index is -1.03. The molecule has 2 aromatic rings. The summed E-state index contributed by atoms with van der Waals surface area (Å²) in [5, 5.41) is 6.14. The Morgan fingerprint density at radius 2 is 1.75 bits per heavy atom. The molecule has 1 aromatic carbocycles. The minimum Gasteiger partial charge on any atom is -0.460 e. The van der Waals surface area contributed by atoms with Crippen LogP contribution in [-0.4, -0.2) is 107 Å². The van der Waals surface area contributed by atoms with Gasteiger partial charge in [-0.3, -0.25) is 14.4 Å². The van der Waals surface area contributed by atoms with Crippen LogP contribution in [0.2, 0.25) is 0 Å². The van der Waals surface area contributed by atoms with E-state index in [0.717, 1.165) is 12.0 Å². The summed E-state index contributed by atoms with van der Waals surface area (Å²) in [6.45, 7) is 9.57. The zero-order chi connectivity index (χ0) is 31.7. The molecule has 13 nitrogen and oxygen atoms in total. The van der Waals surface area contributed by atoms with Crippen molar-refractivity contribution in [1.29, 1.82) is 0 Å². The third-order valence-corrected chi connectivity index (χ3v) is 7.05. The molecule has 4 rings (SSSR count). The lowest BCUT2D eigenvalue weighted by atomic mass is 10.1. The van der Waals surface area contributed by atoms with Gasteiger partial charge in [-0.1, -0.05) is 30.3 Å². The van der Waals surface area contributed by atoms with Crippen LogP contribution >= 0.6 is 0 Å². The van der Waals surface area contributed by atoms with E-state index in [1.165, 1.54) is 4.90 Å². The van der Waals surface area contributed by atoms with Gasteiger partial charge in [0.05, 0.1) is 19.3 Å². The summed E-state index contributed by atoms with van der Waals surface area (Å²) in [7, 11) is 0. The summed E-state index contributed by atoms with van der Waals surface area (Å²) in [6, 6.07) is 9.86. The van der Waals surface area contributed by atoms with Crippen LogP contribution in [0.4, 0.5) is 10.6 Å². The van der Waals surface area contributed by atoms with E-state index in [9.17, 15) is 19.2 Å². The summed E-state index contributed by atoms with van der Waals surface area (Å²) in [5.74, 6) is -0.597. The van der Waals surface area contributed by atoms with E-state index in [2.05, 4.69) is 20.6 Å². The van der Waals surface area contributed by atoms with Crippen LogP contribution in [0.1, 0.15) is 57.4 Å². The van der Waals surface area contributed by atoms with E-state index in [4.69, 9.17) is 14.2 Å². The van der Waals surface area contributed by atoms with Crippen LogP contribution in [0, 0.1) is 0 Å². The highest BCUT2D eigenvalue weighted by atomic mass is 16.6. The second-order valence-corrected chi connectivity index (χ2v) is 11.7. The topological polar surface area (TPSA) is 152 Å². The SMILES string of the molecule is CCOC(=O)N1CCN(C(=O)C(CCC(=O)OC(C)(C)C)NC(=O)c2cc(NC3CCOC3)nc(-c3ccccc3)n2)CC1. The molecule has 2 saturated heterocycles. The van der Waals surface area contributed by atoms with E-state index >= 15 is 0 Å². The van der Waals surface area contributed by atoms with Crippen LogP contribution in [0.25, 0.3) is 11.4 Å². The number of nitrogens with one attached hydrogen (secondary N) is 2. The molecule has 44 heavy (non-hydrogen) atoms. The lowest BCUT2D eigenvalue weighted by molar-refractivity contribution is -0.155. The molecule has 0 bridgehead atoms. The van der Waals surface area contributed by atoms with Crippen molar-refractivity contribution in [2.24, 2.45) is 0 Å². The number of amides is 3. The highest BCUT2D eigenvalue weighted by Gasteiger charge is 2.32. The normalized spacial score (nSPS) is 17.5. The second kappa shape index (κ2) is 15.0. The number of piperazine rings is 1. The van der Waals surface area contributed by atoms with Crippen LogP contribution in [0.5, 0.6) is 0 Å². The average molecular weight is 611 g/mol. The molecule has 2 atom stereocenters. The van der Waals surface area contributed by atoms with Gasteiger partial charge in [-0.25, -0.2) is 14.8 Å². The number of ether oxygens (including phenoxy) is 3. The maximum atomic E-state index is 13.7. The fourth-order valence-electron chi connectivity index (χ4n) is 4.90. The Balaban J connectivity index is 1.54. The number of hydrogen-bond acceptors (Lipinski definition) is 10. The Kier molecular flexibility index (Phi) is 11.1. The van der Waals surface area contributed by atoms with E-state index in [1.54, 1.807) is 38.7 Å². The Morgan fingerprint density at radius 3 is 2.39 bits per heavy atom. The summed E-state index contributed by atoms with van der Waals surface area (Å²) < 4.78 is 16.0. The van der Waals surface area contributed by atoms with Crippen LogP contribution in [-0.2, 0) is 23.8 Å². The maximum Gasteiger partial charge on any atom is 0.409 e. The molecule has 2 unspecified atom stereocenters. The highest BCUT2D eigenvalue weighted by Crippen LogP contribution is 2.20. The number of esters is 1. The van der Waals surface area contributed by atoms with E-state index < -0.39 is 29.6 Å². The molecule has 2 aliphatic heterocycles. The maximum absolute atomic E-state index is 13.7. The first kappa shape index (κ1) is 32.6. The number of nitrogens with zero attached hydrogens (tertiary/aromatic N) is 4. The Morgan fingerprint density at radius 1 is 1.05 bits per heavy atom. The number of aromatic nitrogens is 2. The second-order valence-electron chi connectivity index (χ2n) is 11.7. The van der Waals surface area contributed by atoms with Gasteiger partial charge in [0.1, 0.15) is 23.2 Å². The molecule has 0 spiro atoms. The lowest BCUT2D eigenvalue weighted by Crippen LogP contribution is -2.56. The van der Waals surface area contributed by atoms with Gasteiger partial charge in [-0.2, -0.15) is 0 Å². The predicted molar refractivity (Wildman–Crippen MR) is 162 cm³/mol. The van der Waals surface area contributed by atoms with Gasteiger partial charge in [-0.15, -0.1) is 0 Å². The number of hydrogen-bond donors (Lipinski definition) is 2. The molecule has 0 saturated carbocycles. The standard InChI is InChI=1S/C31H42N6O7/c1-5-43-30(41)37-16-14-36(15-17-37)29(40)23(11-12-26(38)44-31(2,3)4)34-28(39)24-19-25(32-22-13-18-42-20-22)35-27(33-24)21-9-7-6-8-10-21/h6-10,19,22-23H,5,11-18,20H2,1-4H3,(H,34,39)(H,32,33,35). The van der Waals surface area contributed by atoms with Crippen LogP contribution in [0.15, 0.2) is 36.4 Å². The molecule has 0 radical (unpaired) electrons. The first-order valence-corrected chi connectivity index (χ1v) is 15.0. The summed E-state index contributed by atoms with van der Waals surface area (Å²) in [6.07, 6.45) is 0.320. The third-order valence-electron chi connectivity index (χ3n) is 7.05. The molecule has 3 amide bonds. The molecule has 3 heterocycles. The van der Waals surface area contributed by atoms with Gasteiger partial charge >= 0.3 is 12.1 Å². The monoisotopic (exact) mass is 610 g/mol. The number of carbonyl (C=O) groups is 4. The lowest BCUT2D eigenvalue weighted by Gasteiger charge is -2.36. The van der Waals surface area contributed by atoms with Gasteiger partial charge in [0, 0.05) is 50.8 Å². The highest BCUT2D eigenvalue weighted by molar-refractivity contribution is 5.97. The van der Waals surface area contributed by atoms with Gasteiger partial charge in [-0.05, 0) is 40.5 Å². The fourth-order valence-corrected chi connectivity index (χ4v) is 4.90. The molecule has 0 aliphatic carbocycles. The minimum absolute atomic E-state index is 0.0265. The zero-order valence-corrected chi connectivity index (χ0v) is 25.8. The van der Waals surface area contributed by atoms with E-state index in [-0.39, 0.29) is 50.2 Å². The van der Waals surface area contributed by atoms with Crippen LogP contribution < -0.4 is 10.6 Å². The summed E-state index contributed by atoms with van der Waals surface area (Å²) >= 11 is 0. The Bertz CT molecular complexity index is 1300. The van der Waals surface area contributed by atoms with Gasteiger partial charge in [0.2, 0.25) is 5.91 Å². The molecule has 2 aliphatic rings. The predicted octanol–water partition coefficient (Wildman–Crippen LogP) is 2.87. The van der Waals surface area contributed by atoms with E-state index in [1.807, 2.05) is 30.3 Å².